The largest absolute Gasteiger partial charge is 0.313 e. The number of Topliss-reactive ketones (excluding diaryl/α,β-unsaturated/α-hetero) is 1. The van der Waals surface area contributed by atoms with Gasteiger partial charge >= 0.3 is 0 Å². The summed E-state index contributed by atoms with van der Waals surface area (Å²) in [5, 5.41) is 4.05. The molecule has 0 heterocycles. The van der Waals surface area contributed by atoms with Crippen LogP contribution in [0, 0.1) is 5.41 Å². The van der Waals surface area contributed by atoms with Crippen LogP contribution in [-0.4, -0.2) is 18.4 Å². The topological polar surface area (TPSA) is 29.1 Å². The molecule has 0 radical (unpaired) electrons. The van der Waals surface area contributed by atoms with Gasteiger partial charge in [0.25, 0.3) is 0 Å². The maximum absolute atomic E-state index is 12.6. The summed E-state index contributed by atoms with van der Waals surface area (Å²) >= 11 is 5.91. The molecule has 2 nitrogen and oxygen atoms in total. The Labute approximate surface area is 121 Å². The monoisotopic (exact) mass is 281 g/mol. The molecule has 0 aliphatic heterocycles. The first-order chi connectivity index (χ1) is 8.71. The lowest BCUT2D eigenvalue weighted by Gasteiger charge is -2.26. The summed E-state index contributed by atoms with van der Waals surface area (Å²) in [5.41, 5.74) is 0.681. The number of hydrogen-bond donors (Lipinski definition) is 1. The zero-order valence-electron chi connectivity index (χ0n) is 12.5. The minimum absolute atomic E-state index is 0.125. The predicted octanol–water partition coefficient (Wildman–Crippen LogP) is 4.04. The minimum Gasteiger partial charge on any atom is -0.313 e. The number of nitrogens with one attached hydrogen (secondary N) is 1. The van der Waals surface area contributed by atoms with Crippen LogP contribution in [0.15, 0.2) is 24.3 Å². The molecule has 1 unspecified atom stereocenters. The van der Waals surface area contributed by atoms with Gasteiger partial charge in [0.1, 0.15) is 5.78 Å². The van der Waals surface area contributed by atoms with Crippen molar-refractivity contribution in [1.29, 1.82) is 0 Å². The fourth-order valence-corrected chi connectivity index (χ4v) is 2.06. The molecular weight excluding hydrogens is 258 g/mol. The van der Waals surface area contributed by atoms with Crippen LogP contribution < -0.4 is 5.32 Å². The number of ketones is 1. The van der Waals surface area contributed by atoms with Gasteiger partial charge in [0.2, 0.25) is 0 Å². The molecule has 19 heavy (non-hydrogen) atoms. The highest BCUT2D eigenvalue weighted by molar-refractivity contribution is 6.30. The number of halogens is 1. The van der Waals surface area contributed by atoms with Crippen LogP contribution in [0.25, 0.3) is 0 Å². The van der Waals surface area contributed by atoms with Crippen molar-refractivity contribution >= 4 is 17.4 Å². The predicted molar refractivity (Wildman–Crippen MR) is 81.8 cm³/mol. The number of rotatable bonds is 5. The highest BCUT2D eigenvalue weighted by atomic mass is 35.5. The first kappa shape index (κ1) is 16.2. The highest BCUT2D eigenvalue weighted by Gasteiger charge is 2.30. The van der Waals surface area contributed by atoms with E-state index in [2.05, 4.69) is 19.2 Å². The molecule has 1 aromatic rings. The van der Waals surface area contributed by atoms with Crippen molar-refractivity contribution in [3.8, 4) is 0 Å². The van der Waals surface area contributed by atoms with E-state index in [1.165, 1.54) is 0 Å². The van der Waals surface area contributed by atoms with E-state index in [1.807, 2.05) is 45.0 Å². The van der Waals surface area contributed by atoms with Crippen LogP contribution in [0.3, 0.4) is 0 Å². The first-order valence-electron chi connectivity index (χ1n) is 6.75. The van der Waals surface area contributed by atoms with E-state index in [0.29, 0.717) is 17.6 Å². The van der Waals surface area contributed by atoms with Crippen LogP contribution in [0.2, 0.25) is 5.02 Å². The van der Waals surface area contributed by atoms with Crippen molar-refractivity contribution in [3.05, 3.63) is 34.9 Å². The fourth-order valence-electron chi connectivity index (χ4n) is 1.93. The number of carbonyl (C=O) groups is 1. The van der Waals surface area contributed by atoms with Crippen molar-refractivity contribution < 1.29 is 4.79 Å². The van der Waals surface area contributed by atoms with Gasteiger partial charge in [-0.2, -0.15) is 0 Å². The summed E-state index contributed by atoms with van der Waals surface area (Å²) in [6.07, 6.45) is 0. The molecular formula is C16H24ClNO. The Hall–Kier alpha value is -0.860. The first-order valence-corrected chi connectivity index (χ1v) is 7.12. The van der Waals surface area contributed by atoms with E-state index in [9.17, 15) is 4.79 Å². The second kappa shape index (κ2) is 6.53. The van der Waals surface area contributed by atoms with Gasteiger partial charge in [0.05, 0.1) is 5.92 Å². The van der Waals surface area contributed by atoms with Crippen molar-refractivity contribution in [2.75, 3.05) is 6.54 Å². The second-order valence-corrected chi connectivity index (χ2v) is 6.72. The van der Waals surface area contributed by atoms with E-state index in [4.69, 9.17) is 11.6 Å². The lowest BCUT2D eigenvalue weighted by molar-refractivity contribution is -0.127. The van der Waals surface area contributed by atoms with Crippen LogP contribution in [0.4, 0.5) is 0 Å². The number of benzene rings is 1. The van der Waals surface area contributed by atoms with E-state index in [-0.39, 0.29) is 17.1 Å². The molecule has 1 rings (SSSR count). The van der Waals surface area contributed by atoms with Crippen molar-refractivity contribution in [2.45, 2.75) is 46.6 Å². The molecule has 1 N–H and O–H groups in total. The molecule has 0 aliphatic carbocycles. The third-order valence-corrected chi connectivity index (χ3v) is 3.31. The van der Waals surface area contributed by atoms with Crippen molar-refractivity contribution in [1.82, 2.24) is 5.32 Å². The molecule has 106 valence electrons. The van der Waals surface area contributed by atoms with Gasteiger partial charge in [-0.15, -0.1) is 0 Å². The molecule has 0 aliphatic rings. The van der Waals surface area contributed by atoms with Crippen LogP contribution in [-0.2, 0) is 4.79 Å². The smallest absolute Gasteiger partial charge is 0.146 e. The summed E-state index contributed by atoms with van der Waals surface area (Å²) in [5.74, 6) is 0.127. The van der Waals surface area contributed by atoms with Gasteiger partial charge in [-0.3, -0.25) is 4.79 Å². The van der Waals surface area contributed by atoms with Crippen molar-refractivity contribution in [2.24, 2.45) is 5.41 Å². The van der Waals surface area contributed by atoms with E-state index in [0.717, 1.165) is 5.56 Å². The third-order valence-electron chi connectivity index (χ3n) is 3.06. The van der Waals surface area contributed by atoms with E-state index < -0.39 is 0 Å². The van der Waals surface area contributed by atoms with Crippen LogP contribution in [0.5, 0.6) is 0 Å². The summed E-state index contributed by atoms with van der Waals surface area (Å²) < 4.78 is 0. The maximum atomic E-state index is 12.6. The van der Waals surface area contributed by atoms with Crippen molar-refractivity contribution in [3.63, 3.8) is 0 Å². The maximum Gasteiger partial charge on any atom is 0.146 e. The summed E-state index contributed by atoms with van der Waals surface area (Å²) in [4.78, 5) is 12.6. The molecule has 0 saturated carbocycles. The summed E-state index contributed by atoms with van der Waals surface area (Å²) in [7, 11) is 0. The average molecular weight is 282 g/mol. The Morgan fingerprint density at radius 3 is 2.16 bits per heavy atom. The van der Waals surface area contributed by atoms with Gasteiger partial charge in [-0.1, -0.05) is 58.4 Å². The lowest BCUT2D eigenvalue weighted by Crippen LogP contribution is -2.36. The summed E-state index contributed by atoms with van der Waals surface area (Å²) in [6, 6.07) is 7.93. The van der Waals surface area contributed by atoms with Gasteiger partial charge in [-0.25, -0.2) is 0 Å². The summed E-state index contributed by atoms with van der Waals surface area (Å²) in [6.45, 7) is 10.7. The number of carbonyl (C=O) groups excluding carboxylic acids is 1. The van der Waals surface area contributed by atoms with Crippen LogP contribution in [0.1, 0.15) is 46.1 Å². The Bertz CT molecular complexity index is 417. The standard InChI is InChI=1S/C16H24ClNO/c1-11(2)18-10-14(15(19)16(3,4)5)12-6-8-13(17)9-7-12/h6-9,11,14,18H,10H2,1-5H3. The zero-order chi connectivity index (χ0) is 14.6. The minimum atomic E-state index is -0.344. The zero-order valence-corrected chi connectivity index (χ0v) is 13.2. The lowest BCUT2D eigenvalue weighted by atomic mass is 9.80. The van der Waals surface area contributed by atoms with E-state index in [1.54, 1.807) is 0 Å². The van der Waals surface area contributed by atoms with Crippen LogP contribution >= 0.6 is 11.6 Å². The molecule has 3 heteroatoms. The van der Waals surface area contributed by atoms with Gasteiger partial charge in [0, 0.05) is 23.0 Å². The normalized spacial score (nSPS) is 13.6. The molecule has 0 amide bonds. The fraction of sp³-hybridized carbons (Fsp3) is 0.562. The van der Waals surface area contributed by atoms with Gasteiger partial charge < -0.3 is 5.32 Å². The Morgan fingerprint density at radius 1 is 1.21 bits per heavy atom. The number of hydrogen-bond acceptors (Lipinski definition) is 2. The molecule has 1 aromatic carbocycles. The molecule has 0 fully saturated rings. The van der Waals surface area contributed by atoms with Gasteiger partial charge in [0.15, 0.2) is 0 Å². The third kappa shape index (κ3) is 4.96. The SMILES string of the molecule is CC(C)NCC(C(=O)C(C)(C)C)c1ccc(Cl)cc1. The highest BCUT2D eigenvalue weighted by Crippen LogP contribution is 2.28. The Kier molecular flexibility index (Phi) is 5.57. The van der Waals surface area contributed by atoms with E-state index >= 15 is 0 Å². The Balaban J connectivity index is 2.98. The molecule has 0 spiro atoms. The molecule has 0 bridgehead atoms. The second-order valence-electron chi connectivity index (χ2n) is 6.28. The molecule has 0 saturated heterocycles. The average Bonchev–Trinajstić information content (AvgIpc) is 2.29. The molecule has 1 atom stereocenters. The quantitative estimate of drug-likeness (QED) is 0.883. The Morgan fingerprint density at radius 2 is 1.74 bits per heavy atom. The molecule has 0 aromatic heterocycles. The van der Waals surface area contributed by atoms with Gasteiger partial charge in [-0.05, 0) is 17.7 Å².